The summed E-state index contributed by atoms with van der Waals surface area (Å²) in [6, 6.07) is 5.51. The number of nitrogens with zero attached hydrogens (tertiary/aromatic N) is 1. The van der Waals surface area contributed by atoms with Crippen LogP contribution >= 0.6 is 0 Å². The molecule has 1 N–H and O–H groups in total. The number of carbonyl (C=O) groups is 2. The fourth-order valence-electron chi connectivity index (χ4n) is 1.82. The summed E-state index contributed by atoms with van der Waals surface area (Å²) in [4.78, 5) is 28.5. The van der Waals surface area contributed by atoms with Crippen LogP contribution < -0.4 is 5.32 Å². The molecule has 0 aliphatic carbocycles. The van der Waals surface area contributed by atoms with Crippen LogP contribution in [0, 0.1) is 17.0 Å². The van der Waals surface area contributed by atoms with Gasteiger partial charge in [0.1, 0.15) is 17.5 Å². The van der Waals surface area contributed by atoms with Gasteiger partial charge in [-0.25, -0.2) is 13.8 Å². The highest BCUT2D eigenvalue weighted by Gasteiger charge is 2.24. The Kier molecular flexibility index (Phi) is 4.54. The number of nitrogens with one attached hydrogen (secondary N) is 1. The lowest BCUT2D eigenvalue weighted by Gasteiger charge is -2.18. The number of benzene rings is 1. The number of hydrogen-bond donors (Lipinski definition) is 1. The first kappa shape index (κ1) is 16.7. The number of hydrogen-bond acceptors (Lipinski definition) is 3. The maximum absolute atomic E-state index is 13.3. The van der Waals surface area contributed by atoms with Gasteiger partial charge < -0.3 is 5.32 Å². The predicted molar refractivity (Wildman–Crippen MR) is 82.1 cm³/mol. The minimum atomic E-state index is -0.850. The van der Waals surface area contributed by atoms with Gasteiger partial charge in [0, 0.05) is 23.2 Å². The third kappa shape index (κ3) is 3.97. The Morgan fingerprint density at radius 3 is 2.26 bits per heavy atom. The monoisotopic (exact) mass is 318 g/mol. The second-order valence-electron chi connectivity index (χ2n) is 6.09. The Morgan fingerprint density at radius 2 is 1.70 bits per heavy atom. The molecule has 2 aromatic rings. The Morgan fingerprint density at radius 1 is 1.09 bits per heavy atom. The van der Waals surface area contributed by atoms with Crippen molar-refractivity contribution in [1.29, 1.82) is 0 Å². The van der Waals surface area contributed by atoms with E-state index in [-0.39, 0.29) is 22.9 Å². The fraction of sp³-hybridized carbons (Fsp3) is 0.235. The maximum Gasteiger partial charge on any atom is 0.230 e. The number of halogens is 2. The van der Waals surface area contributed by atoms with E-state index in [0.29, 0.717) is 6.07 Å². The molecule has 0 atom stereocenters. The summed E-state index contributed by atoms with van der Waals surface area (Å²) in [6.07, 6.45) is 1.42. The van der Waals surface area contributed by atoms with Crippen LogP contribution in [-0.2, 0) is 4.79 Å². The van der Waals surface area contributed by atoms with Crippen molar-refractivity contribution in [3.05, 3.63) is 59.3 Å². The van der Waals surface area contributed by atoms with Crippen molar-refractivity contribution in [3.8, 4) is 0 Å². The van der Waals surface area contributed by atoms with E-state index in [4.69, 9.17) is 0 Å². The van der Waals surface area contributed by atoms with Crippen molar-refractivity contribution >= 4 is 17.5 Å². The summed E-state index contributed by atoms with van der Waals surface area (Å²) in [5.74, 6) is -2.59. The van der Waals surface area contributed by atoms with Gasteiger partial charge >= 0.3 is 0 Å². The summed E-state index contributed by atoms with van der Waals surface area (Å²) >= 11 is 0. The van der Waals surface area contributed by atoms with Gasteiger partial charge in [-0.15, -0.1) is 0 Å². The first-order valence-corrected chi connectivity index (χ1v) is 6.96. The third-order valence-electron chi connectivity index (χ3n) is 3.09. The quantitative estimate of drug-likeness (QED) is 0.880. The average Bonchev–Trinajstić information content (AvgIpc) is 2.45. The molecule has 4 nitrogen and oxygen atoms in total. The summed E-state index contributed by atoms with van der Waals surface area (Å²) in [7, 11) is 0. The van der Waals surface area contributed by atoms with Gasteiger partial charge in [0.15, 0.2) is 5.78 Å². The number of rotatable bonds is 3. The molecule has 120 valence electrons. The number of carbonyl (C=O) groups excluding carboxylic acids is 2. The molecule has 1 aromatic heterocycles. The average molecular weight is 318 g/mol. The van der Waals surface area contributed by atoms with Crippen LogP contribution in [0.5, 0.6) is 0 Å². The number of amides is 1. The largest absolute Gasteiger partial charge is 0.310 e. The zero-order valence-electron chi connectivity index (χ0n) is 13.0. The van der Waals surface area contributed by atoms with Crippen LogP contribution in [-0.4, -0.2) is 16.7 Å². The zero-order valence-corrected chi connectivity index (χ0v) is 13.0. The predicted octanol–water partition coefficient (Wildman–Crippen LogP) is 3.58. The molecule has 23 heavy (non-hydrogen) atoms. The Balaban J connectivity index is 2.40. The van der Waals surface area contributed by atoms with Gasteiger partial charge in [0.25, 0.3) is 0 Å². The first-order valence-electron chi connectivity index (χ1n) is 6.96. The van der Waals surface area contributed by atoms with Crippen LogP contribution in [0.2, 0.25) is 0 Å². The van der Waals surface area contributed by atoms with E-state index in [0.717, 1.165) is 12.1 Å². The van der Waals surface area contributed by atoms with Gasteiger partial charge in [-0.3, -0.25) is 9.59 Å². The van der Waals surface area contributed by atoms with Crippen molar-refractivity contribution < 1.29 is 18.4 Å². The van der Waals surface area contributed by atoms with Crippen molar-refractivity contribution in [3.63, 3.8) is 0 Å². The number of anilines is 1. The summed E-state index contributed by atoms with van der Waals surface area (Å²) < 4.78 is 26.6. The standard InChI is InChI=1S/C17H16F2N2O2/c1-17(2,3)16(23)21-15-13(5-4-6-20-15)14(22)10-7-11(18)9-12(19)8-10/h4-9H,1-3H3,(H,20,21,23). The highest BCUT2D eigenvalue weighted by Crippen LogP contribution is 2.21. The fourth-order valence-corrected chi connectivity index (χ4v) is 1.82. The first-order chi connectivity index (χ1) is 10.7. The van der Waals surface area contributed by atoms with E-state index in [1.54, 1.807) is 20.8 Å². The van der Waals surface area contributed by atoms with Crippen LogP contribution in [0.25, 0.3) is 0 Å². The number of pyridine rings is 1. The SMILES string of the molecule is CC(C)(C)C(=O)Nc1ncccc1C(=O)c1cc(F)cc(F)c1. The molecule has 2 rings (SSSR count). The van der Waals surface area contributed by atoms with E-state index < -0.39 is 22.8 Å². The topological polar surface area (TPSA) is 59.1 Å². The second kappa shape index (κ2) is 6.24. The molecule has 0 radical (unpaired) electrons. The Labute approximate surface area is 132 Å². The normalized spacial score (nSPS) is 11.2. The molecule has 1 heterocycles. The van der Waals surface area contributed by atoms with Crippen LogP contribution in [0.4, 0.5) is 14.6 Å². The van der Waals surface area contributed by atoms with Crippen LogP contribution in [0.15, 0.2) is 36.5 Å². The number of ketones is 1. The summed E-state index contributed by atoms with van der Waals surface area (Å²) in [5, 5.41) is 2.57. The van der Waals surface area contributed by atoms with Gasteiger partial charge in [0.05, 0.1) is 5.56 Å². The molecule has 6 heteroatoms. The molecule has 0 saturated heterocycles. The lowest BCUT2D eigenvalue weighted by Crippen LogP contribution is -2.29. The summed E-state index contributed by atoms with van der Waals surface area (Å²) in [6.45, 7) is 5.15. The molecule has 0 unspecified atom stereocenters. The van der Waals surface area contributed by atoms with Crippen LogP contribution in [0.3, 0.4) is 0 Å². The van der Waals surface area contributed by atoms with Gasteiger partial charge in [-0.1, -0.05) is 20.8 Å². The van der Waals surface area contributed by atoms with Gasteiger partial charge in [-0.05, 0) is 24.3 Å². The molecule has 0 aliphatic heterocycles. The number of aromatic nitrogens is 1. The molecular weight excluding hydrogens is 302 g/mol. The van der Waals surface area contributed by atoms with Gasteiger partial charge in [-0.2, -0.15) is 0 Å². The third-order valence-corrected chi connectivity index (χ3v) is 3.09. The lowest BCUT2D eigenvalue weighted by atomic mass is 9.95. The highest BCUT2D eigenvalue weighted by atomic mass is 19.1. The Bertz CT molecular complexity index is 747. The molecule has 1 amide bonds. The molecule has 0 saturated carbocycles. The lowest BCUT2D eigenvalue weighted by molar-refractivity contribution is -0.123. The van der Waals surface area contributed by atoms with Gasteiger partial charge in [0.2, 0.25) is 5.91 Å². The molecule has 0 bridgehead atoms. The Hall–Kier alpha value is -2.63. The van der Waals surface area contributed by atoms with Crippen molar-refractivity contribution in [2.24, 2.45) is 5.41 Å². The van der Waals surface area contributed by atoms with E-state index in [9.17, 15) is 18.4 Å². The molecule has 0 aliphatic rings. The smallest absolute Gasteiger partial charge is 0.230 e. The molecular formula is C17H16F2N2O2. The van der Waals surface area contributed by atoms with Crippen LogP contribution in [0.1, 0.15) is 36.7 Å². The molecule has 0 fully saturated rings. The second-order valence-corrected chi connectivity index (χ2v) is 6.09. The van der Waals surface area contributed by atoms with E-state index in [1.807, 2.05) is 0 Å². The van der Waals surface area contributed by atoms with Crippen molar-refractivity contribution in [1.82, 2.24) is 4.98 Å². The highest BCUT2D eigenvalue weighted by molar-refractivity contribution is 6.13. The maximum atomic E-state index is 13.3. The van der Waals surface area contributed by atoms with E-state index in [1.165, 1.54) is 18.3 Å². The van der Waals surface area contributed by atoms with E-state index >= 15 is 0 Å². The minimum Gasteiger partial charge on any atom is -0.310 e. The van der Waals surface area contributed by atoms with Crippen molar-refractivity contribution in [2.75, 3.05) is 5.32 Å². The zero-order chi connectivity index (χ0) is 17.2. The van der Waals surface area contributed by atoms with E-state index in [2.05, 4.69) is 10.3 Å². The molecule has 1 aromatic carbocycles. The molecule has 0 spiro atoms. The van der Waals surface area contributed by atoms with Crippen molar-refractivity contribution in [2.45, 2.75) is 20.8 Å². The summed E-state index contributed by atoms with van der Waals surface area (Å²) in [5.41, 5.74) is -0.764. The minimum absolute atomic E-state index is 0.0575.